The van der Waals surface area contributed by atoms with Crippen molar-refractivity contribution in [3.63, 3.8) is 0 Å². The molecule has 1 amide bonds. The maximum absolute atomic E-state index is 13.5. The fraction of sp³-hybridized carbons (Fsp3) is 0.238. The zero-order chi connectivity index (χ0) is 21.3. The Morgan fingerprint density at radius 3 is 2.53 bits per heavy atom. The molecule has 1 aromatic heterocycles. The van der Waals surface area contributed by atoms with E-state index >= 15 is 0 Å². The van der Waals surface area contributed by atoms with Crippen LogP contribution in [0.3, 0.4) is 0 Å². The van der Waals surface area contributed by atoms with Crippen LogP contribution in [-0.4, -0.2) is 30.7 Å². The van der Waals surface area contributed by atoms with Gasteiger partial charge in [-0.25, -0.2) is 0 Å². The normalized spacial score (nSPS) is 14.3. The number of amides is 1. The Morgan fingerprint density at radius 1 is 1.13 bits per heavy atom. The van der Waals surface area contributed by atoms with E-state index in [1.165, 1.54) is 15.1 Å². The summed E-state index contributed by atoms with van der Waals surface area (Å²) in [6, 6.07) is 15.5. The third kappa shape index (κ3) is 4.06. The number of carbonyl (C=O) groups is 1. The van der Waals surface area contributed by atoms with Crippen molar-refractivity contribution in [2.24, 2.45) is 7.05 Å². The molecule has 0 aliphatic carbocycles. The Morgan fingerprint density at radius 2 is 1.90 bits per heavy atom. The standard InChI is InChI=1S/C21H21ClN4O3S/c1-24-13-11-20(23-24)30(28,29)26(15-16-7-9-17(22)10-8-16)19-5-2-4-18(14-19)25-12-3-6-21(25)27/h2,4-5,7-11,13-14H,3,6,12,15H2,1H3. The van der Waals surface area contributed by atoms with Gasteiger partial charge in [-0.2, -0.15) is 13.5 Å². The molecular weight excluding hydrogens is 424 g/mol. The molecule has 1 fully saturated rings. The summed E-state index contributed by atoms with van der Waals surface area (Å²) in [7, 11) is -2.26. The van der Waals surface area contributed by atoms with Crippen molar-refractivity contribution in [1.82, 2.24) is 9.78 Å². The van der Waals surface area contributed by atoms with E-state index in [9.17, 15) is 13.2 Å². The van der Waals surface area contributed by atoms with E-state index in [-0.39, 0.29) is 17.5 Å². The van der Waals surface area contributed by atoms with E-state index in [0.29, 0.717) is 29.4 Å². The highest BCUT2D eigenvalue weighted by Gasteiger charge is 2.29. The first-order valence-electron chi connectivity index (χ1n) is 9.52. The van der Waals surface area contributed by atoms with Crippen LogP contribution in [0, 0.1) is 0 Å². The summed E-state index contributed by atoms with van der Waals surface area (Å²) in [6.45, 7) is 0.736. The first-order chi connectivity index (χ1) is 14.3. The summed E-state index contributed by atoms with van der Waals surface area (Å²) in [5.41, 5.74) is 1.93. The monoisotopic (exact) mass is 444 g/mol. The van der Waals surface area contributed by atoms with Gasteiger partial charge in [0.15, 0.2) is 5.03 Å². The predicted molar refractivity (Wildman–Crippen MR) is 116 cm³/mol. The molecule has 0 saturated carbocycles. The average Bonchev–Trinajstić information content (AvgIpc) is 3.36. The molecule has 7 nitrogen and oxygen atoms in total. The van der Waals surface area contributed by atoms with Crippen LogP contribution in [0.25, 0.3) is 0 Å². The fourth-order valence-electron chi connectivity index (χ4n) is 3.45. The Bertz CT molecular complexity index is 1170. The van der Waals surface area contributed by atoms with Crippen molar-refractivity contribution in [3.05, 3.63) is 71.4 Å². The second kappa shape index (κ2) is 8.12. The van der Waals surface area contributed by atoms with E-state index in [4.69, 9.17) is 11.6 Å². The molecule has 2 aromatic carbocycles. The Hall–Kier alpha value is -2.84. The van der Waals surface area contributed by atoms with Gasteiger partial charge in [-0.05, 0) is 48.4 Å². The number of carbonyl (C=O) groups excluding carboxylic acids is 1. The molecule has 0 spiro atoms. The van der Waals surface area contributed by atoms with E-state index in [1.807, 2.05) is 6.07 Å². The van der Waals surface area contributed by atoms with E-state index < -0.39 is 10.0 Å². The Labute approximate surface area is 180 Å². The van der Waals surface area contributed by atoms with Crippen molar-refractivity contribution in [2.45, 2.75) is 24.4 Å². The molecule has 30 heavy (non-hydrogen) atoms. The summed E-state index contributed by atoms with van der Waals surface area (Å²) in [4.78, 5) is 13.9. The number of benzene rings is 2. The molecule has 1 saturated heterocycles. The lowest BCUT2D eigenvalue weighted by Crippen LogP contribution is -2.31. The van der Waals surface area contributed by atoms with E-state index in [2.05, 4.69) is 5.10 Å². The lowest BCUT2D eigenvalue weighted by Gasteiger charge is -2.25. The molecule has 0 unspecified atom stereocenters. The summed E-state index contributed by atoms with van der Waals surface area (Å²) < 4.78 is 29.7. The van der Waals surface area contributed by atoms with Gasteiger partial charge in [0.1, 0.15) is 0 Å². The molecular formula is C21H21ClN4O3S. The van der Waals surface area contributed by atoms with Crippen LogP contribution in [0.5, 0.6) is 0 Å². The zero-order valence-corrected chi connectivity index (χ0v) is 18.0. The molecule has 0 bridgehead atoms. The summed E-state index contributed by atoms with van der Waals surface area (Å²) in [5, 5.41) is 4.63. The minimum atomic E-state index is -3.93. The molecule has 9 heteroatoms. The van der Waals surface area contributed by atoms with Crippen LogP contribution in [0.2, 0.25) is 5.02 Å². The molecule has 3 aromatic rings. The molecule has 1 aliphatic heterocycles. The molecule has 0 radical (unpaired) electrons. The number of aryl methyl sites for hydroxylation is 1. The first kappa shape index (κ1) is 20.4. The molecule has 0 atom stereocenters. The highest BCUT2D eigenvalue weighted by molar-refractivity contribution is 7.92. The van der Waals surface area contributed by atoms with Gasteiger partial charge in [0.2, 0.25) is 5.91 Å². The molecule has 156 valence electrons. The second-order valence-corrected chi connectivity index (χ2v) is 9.38. The van der Waals surface area contributed by atoms with Crippen LogP contribution in [-0.2, 0) is 28.4 Å². The second-order valence-electron chi connectivity index (χ2n) is 7.13. The van der Waals surface area contributed by atoms with E-state index in [1.54, 1.807) is 60.6 Å². The Kier molecular flexibility index (Phi) is 5.53. The van der Waals surface area contributed by atoms with Crippen LogP contribution in [0.15, 0.2) is 65.8 Å². The van der Waals surface area contributed by atoms with Gasteiger partial charge < -0.3 is 4.90 Å². The summed E-state index contributed by atoms with van der Waals surface area (Å²) in [6.07, 6.45) is 2.89. The van der Waals surface area contributed by atoms with Crippen molar-refractivity contribution in [3.8, 4) is 0 Å². The van der Waals surface area contributed by atoms with Gasteiger partial charge in [-0.3, -0.25) is 13.8 Å². The predicted octanol–water partition coefficient (Wildman–Crippen LogP) is 3.60. The van der Waals surface area contributed by atoms with Gasteiger partial charge in [0.25, 0.3) is 10.0 Å². The third-order valence-electron chi connectivity index (χ3n) is 4.99. The number of hydrogen-bond donors (Lipinski definition) is 0. The van der Waals surface area contributed by atoms with E-state index in [0.717, 1.165) is 12.0 Å². The first-order valence-corrected chi connectivity index (χ1v) is 11.3. The van der Waals surface area contributed by atoms with Crippen LogP contribution in [0.4, 0.5) is 11.4 Å². The number of aromatic nitrogens is 2. The number of nitrogens with zero attached hydrogens (tertiary/aromatic N) is 4. The van der Waals surface area contributed by atoms with Crippen molar-refractivity contribution in [2.75, 3.05) is 15.7 Å². The van der Waals surface area contributed by atoms with Crippen molar-refractivity contribution < 1.29 is 13.2 Å². The number of anilines is 2. The maximum atomic E-state index is 13.5. The topological polar surface area (TPSA) is 75.5 Å². The van der Waals surface area contributed by atoms with Gasteiger partial charge in [-0.1, -0.05) is 29.8 Å². The molecule has 2 heterocycles. The number of rotatable bonds is 6. The fourth-order valence-corrected chi connectivity index (χ4v) is 4.98. The van der Waals surface area contributed by atoms with Crippen molar-refractivity contribution in [1.29, 1.82) is 0 Å². The molecule has 1 aliphatic rings. The molecule has 4 rings (SSSR count). The SMILES string of the molecule is Cn1ccc(S(=O)(=O)N(Cc2ccc(Cl)cc2)c2cccc(N3CCCC3=O)c2)n1. The minimum absolute atomic E-state index is 0.0402. The lowest BCUT2D eigenvalue weighted by atomic mass is 10.2. The van der Waals surface area contributed by atoms with Gasteiger partial charge >= 0.3 is 0 Å². The number of halogens is 1. The lowest BCUT2D eigenvalue weighted by molar-refractivity contribution is -0.117. The number of sulfonamides is 1. The van der Waals surface area contributed by atoms with Crippen LogP contribution < -0.4 is 9.21 Å². The quantitative estimate of drug-likeness (QED) is 0.582. The van der Waals surface area contributed by atoms with Crippen molar-refractivity contribution >= 4 is 38.9 Å². The van der Waals surface area contributed by atoms with Crippen LogP contribution >= 0.6 is 11.6 Å². The van der Waals surface area contributed by atoms with Gasteiger partial charge in [0, 0.05) is 36.9 Å². The van der Waals surface area contributed by atoms with Gasteiger partial charge in [0.05, 0.1) is 12.2 Å². The largest absolute Gasteiger partial charge is 0.312 e. The summed E-state index contributed by atoms with van der Waals surface area (Å²) in [5.74, 6) is 0.0454. The van der Waals surface area contributed by atoms with Gasteiger partial charge in [-0.15, -0.1) is 0 Å². The highest BCUT2D eigenvalue weighted by Crippen LogP contribution is 2.30. The number of hydrogen-bond acceptors (Lipinski definition) is 4. The summed E-state index contributed by atoms with van der Waals surface area (Å²) >= 11 is 5.98. The zero-order valence-electron chi connectivity index (χ0n) is 16.4. The van der Waals surface area contributed by atoms with Crippen LogP contribution in [0.1, 0.15) is 18.4 Å². The smallest absolute Gasteiger partial charge is 0.283 e. The third-order valence-corrected chi connectivity index (χ3v) is 6.90. The highest BCUT2D eigenvalue weighted by atomic mass is 35.5. The maximum Gasteiger partial charge on any atom is 0.283 e. The minimum Gasteiger partial charge on any atom is -0.312 e. The Balaban J connectivity index is 1.77. The average molecular weight is 445 g/mol. The molecule has 0 N–H and O–H groups in total.